The summed E-state index contributed by atoms with van der Waals surface area (Å²) >= 11 is 0. The van der Waals surface area contributed by atoms with Crippen molar-refractivity contribution in [2.75, 3.05) is 6.17 Å². The van der Waals surface area contributed by atoms with E-state index in [0.29, 0.717) is 6.17 Å². The van der Waals surface area contributed by atoms with Gasteiger partial charge in [0.25, 0.3) is 5.91 Å². The molecule has 104 valence electrons. The zero-order valence-electron chi connectivity index (χ0n) is 12.3. The van der Waals surface area contributed by atoms with Crippen LogP contribution in [0.25, 0.3) is 0 Å². The Morgan fingerprint density at radius 2 is 1.61 bits per heavy atom. The maximum Gasteiger partial charge on any atom is 0.324 e. The number of carbonyl (C=O) groups is 2. The monoisotopic (exact) mass is 270 g/mol. The molecule has 1 aliphatic heterocycles. The summed E-state index contributed by atoms with van der Waals surface area (Å²) in [7, 11) is -1.47. The lowest BCUT2D eigenvalue weighted by atomic mass is 9.89. The third-order valence-electron chi connectivity index (χ3n) is 3.23. The molecule has 1 heterocycles. The normalized spacial score (nSPS) is 19.3. The number of nitrogens with one attached hydrogen (secondary N) is 1. The van der Waals surface area contributed by atoms with Gasteiger partial charge >= 0.3 is 6.03 Å². The van der Waals surface area contributed by atoms with Gasteiger partial charge in [-0.25, -0.2) is 4.79 Å². The number of hydrogen-bond acceptors (Lipinski definition) is 2. The molecular weight excluding hydrogens is 244 g/mol. The minimum Gasteiger partial charge on any atom is -0.323 e. The van der Waals surface area contributed by atoms with Crippen LogP contribution >= 0.6 is 0 Å². The van der Waals surface area contributed by atoms with Crippen molar-refractivity contribution in [3.8, 4) is 0 Å². The second-order valence-electron chi connectivity index (χ2n) is 6.46. The van der Waals surface area contributed by atoms with Gasteiger partial charge in [0, 0.05) is 6.17 Å². The van der Waals surface area contributed by atoms with Crippen LogP contribution in [0.1, 0.15) is 39.5 Å². The number of hydrogen-bond donors (Lipinski definition) is 1. The van der Waals surface area contributed by atoms with Crippen molar-refractivity contribution in [1.29, 1.82) is 0 Å². The van der Waals surface area contributed by atoms with Crippen molar-refractivity contribution in [3.63, 3.8) is 0 Å². The number of amides is 3. The molecule has 0 aromatic carbocycles. The molecule has 0 unspecified atom stereocenters. The molecule has 1 rings (SSSR count). The molecule has 0 aromatic rings. The Hall–Kier alpha value is -0.843. The predicted molar refractivity (Wildman–Crippen MR) is 76.1 cm³/mol. The first kappa shape index (κ1) is 15.2. The molecule has 0 saturated carbocycles. The van der Waals surface area contributed by atoms with Crippen LogP contribution in [-0.2, 0) is 4.79 Å². The Morgan fingerprint density at radius 3 is 2.00 bits per heavy atom. The van der Waals surface area contributed by atoms with E-state index < -0.39 is 13.6 Å². The van der Waals surface area contributed by atoms with Crippen LogP contribution in [0.4, 0.5) is 4.79 Å². The summed E-state index contributed by atoms with van der Waals surface area (Å²) in [6.07, 6.45) is 3.92. The highest BCUT2D eigenvalue weighted by Gasteiger charge is 2.50. The van der Waals surface area contributed by atoms with Crippen molar-refractivity contribution < 1.29 is 9.59 Å². The van der Waals surface area contributed by atoms with Crippen LogP contribution in [0.5, 0.6) is 0 Å². The van der Waals surface area contributed by atoms with Gasteiger partial charge in [0.05, 0.1) is 8.07 Å². The fourth-order valence-electron chi connectivity index (χ4n) is 2.61. The van der Waals surface area contributed by atoms with E-state index in [9.17, 15) is 9.59 Å². The Labute approximate surface area is 111 Å². The van der Waals surface area contributed by atoms with Crippen molar-refractivity contribution in [3.05, 3.63) is 0 Å². The van der Waals surface area contributed by atoms with Crippen LogP contribution in [0, 0.1) is 0 Å². The topological polar surface area (TPSA) is 49.4 Å². The Balaban J connectivity index is 2.93. The number of rotatable bonds is 6. The lowest BCUT2D eigenvalue weighted by Crippen LogP contribution is -2.48. The minimum absolute atomic E-state index is 0.00127. The third kappa shape index (κ3) is 3.13. The molecule has 5 heteroatoms. The fourth-order valence-corrected chi connectivity index (χ4v) is 3.85. The summed E-state index contributed by atoms with van der Waals surface area (Å²) in [4.78, 5) is 26.1. The van der Waals surface area contributed by atoms with Gasteiger partial charge in [0.1, 0.15) is 5.54 Å². The van der Waals surface area contributed by atoms with E-state index in [1.807, 2.05) is 0 Å². The van der Waals surface area contributed by atoms with Gasteiger partial charge in [-0.05, 0) is 12.8 Å². The third-order valence-corrected chi connectivity index (χ3v) is 4.50. The molecule has 3 amide bonds. The predicted octanol–water partition coefficient (Wildman–Crippen LogP) is 2.75. The number of carbonyl (C=O) groups excluding carboxylic acids is 2. The average molecular weight is 270 g/mol. The molecule has 18 heavy (non-hydrogen) atoms. The molecular formula is C13H26N2O2Si. The van der Waals surface area contributed by atoms with Gasteiger partial charge in [-0.2, -0.15) is 0 Å². The van der Waals surface area contributed by atoms with Gasteiger partial charge in [-0.3, -0.25) is 9.69 Å². The molecule has 1 saturated heterocycles. The van der Waals surface area contributed by atoms with Gasteiger partial charge in [0.2, 0.25) is 0 Å². The number of imide groups is 1. The van der Waals surface area contributed by atoms with Crippen LogP contribution < -0.4 is 5.32 Å². The van der Waals surface area contributed by atoms with Crippen molar-refractivity contribution in [2.45, 2.75) is 64.7 Å². The fraction of sp³-hybridized carbons (Fsp3) is 0.846. The van der Waals surface area contributed by atoms with Crippen LogP contribution in [0.15, 0.2) is 0 Å². The summed E-state index contributed by atoms with van der Waals surface area (Å²) in [6, 6.07) is -0.190. The molecule has 0 bridgehead atoms. The molecule has 0 radical (unpaired) electrons. The average Bonchev–Trinajstić information content (AvgIpc) is 2.43. The zero-order valence-corrected chi connectivity index (χ0v) is 13.3. The van der Waals surface area contributed by atoms with Crippen LogP contribution in [-0.4, -0.2) is 36.6 Å². The van der Waals surface area contributed by atoms with E-state index in [1.54, 1.807) is 0 Å². The lowest BCUT2D eigenvalue weighted by molar-refractivity contribution is -0.131. The smallest absolute Gasteiger partial charge is 0.323 e. The Kier molecular flexibility index (Phi) is 4.59. The molecule has 0 atom stereocenters. The van der Waals surface area contributed by atoms with Crippen molar-refractivity contribution in [1.82, 2.24) is 10.2 Å². The summed E-state index contributed by atoms with van der Waals surface area (Å²) in [5, 5.41) is 2.95. The van der Waals surface area contributed by atoms with E-state index >= 15 is 0 Å². The summed E-state index contributed by atoms with van der Waals surface area (Å²) < 4.78 is 0. The molecule has 1 aliphatic rings. The highest BCUT2D eigenvalue weighted by molar-refractivity contribution is 6.76. The minimum atomic E-state index is -1.47. The van der Waals surface area contributed by atoms with Crippen LogP contribution in [0.3, 0.4) is 0 Å². The first-order chi connectivity index (χ1) is 8.25. The molecule has 0 aliphatic carbocycles. The zero-order chi connectivity index (χ0) is 14.0. The molecule has 1 N–H and O–H groups in total. The quantitative estimate of drug-likeness (QED) is 0.596. The van der Waals surface area contributed by atoms with Crippen molar-refractivity contribution in [2.24, 2.45) is 0 Å². The highest BCUT2D eigenvalue weighted by Crippen LogP contribution is 2.28. The lowest BCUT2D eigenvalue weighted by Gasteiger charge is -2.27. The SMILES string of the molecule is CCCC1(CCC)NC(=O)N(C[Si](C)(C)C)C1=O. The van der Waals surface area contributed by atoms with E-state index in [2.05, 4.69) is 38.8 Å². The van der Waals surface area contributed by atoms with Gasteiger partial charge < -0.3 is 5.32 Å². The Morgan fingerprint density at radius 1 is 1.11 bits per heavy atom. The van der Waals surface area contributed by atoms with E-state index in [-0.39, 0.29) is 11.9 Å². The van der Waals surface area contributed by atoms with Crippen LogP contribution in [0.2, 0.25) is 19.6 Å². The largest absolute Gasteiger partial charge is 0.324 e. The number of urea groups is 1. The molecule has 1 fully saturated rings. The standard InChI is InChI=1S/C13H26N2O2Si/c1-6-8-13(9-7-2)11(16)15(12(17)14-13)10-18(3,4)5/h6-10H2,1-5H3,(H,14,17). The summed E-state index contributed by atoms with van der Waals surface area (Å²) in [6.45, 7) is 10.6. The summed E-state index contributed by atoms with van der Waals surface area (Å²) in [5.74, 6) is -0.00127. The second kappa shape index (κ2) is 5.43. The number of nitrogens with zero attached hydrogens (tertiary/aromatic N) is 1. The van der Waals surface area contributed by atoms with E-state index in [4.69, 9.17) is 0 Å². The first-order valence-electron chi connectivity index (χ1n) is 6.90. The highest BCUT2D eigenvalue weighted by atomic mass is 28.3. The first-order valence-corrected chi connectivity index (χ1v) is 10.6. The molecule has 0 spiro atoms. The van der Waals surface area contributed by atoms with E-state index in [0.717, 1.165) is 25.7 Å². The van der Waals surface area contributed by atoms with Crippen molar-refractivity contribution >= 4 is 20.0 Å². The van der Waals surface area contributed by atoms with Gasteiger partial charge in [0.15, 0.2) is 0 Å². The molecule has 0 aromatic heterocycles. The maximum atomic E-state index is 12.6. The van der Waals surface area contributed by atoms with Gasteiger partial charge in [-0.15, -0.1) is 0 Å². The molecule has 4 nitrogen and oxygen atoms in total. The summed E-state index contributed by atoms with van der Waals surface area (Å²) in [5.41, 5.74) is -0.625. The maximum absolute atomic E-state index is 12.6. The second-order valence-corrected chi connectivity index (χ2v) is 11.9. The van der Waals surface area contributed by atoms with E-state index in [1.165, 1.54) is 4.90 Å². The Bertz CT molecular complexity index is 330. The van der Waals surface area contributed by atoms with Gasteiger partial charge in [-0.1, -0.05) is 46.3 Å².